The minimum atomic E-state index is 0.277. The summed E-state index contributed by atoms with van der Waals surface area (Å²) in [5.74, 6) is 1.06. The molecule has 2 aliphatic rings. The number of hydrogen-bond acceptors (Lipinski definition) is 2. The Morgan fingerprint density at radius 1 is 0.960 bits per heavy atom. The molecule has 0 radical (unpaired) electrons. The van der Waals surface area contributed by atoms with E-state index < -0.39 is 0 Å². The minimum Gasteiger partial charge on any atom is -0.493 e. The van der Waals surface area contributed by atoms with Crippen LogP contribution in [0, 0.1) is 0 Å². The molecule has 0 amide bonds. The lowest BCUT2D eigenvalue weighted by atomic mass is 9.91. The summed E-state index contributed by atoms with van der Waals surface area (Å²) in [5.41, 5.74) is 8.10. The van der Waals surface area contributed by atoms with Gasteiger partial charge in [0.1, 0.15) is 5.75 Å². The predicted octanol–water partition coefficient (Wildman–Crippen LogP) is 4.85. The van der Waals surface area contributed by atoms with Crippen molar-refractivity contribution in [1.29, 1.82) is 0 Å². The van der Waals surface area contributed by atoms with Crippen molar-refractivity contribution in [3.63, 3.8) is 0 Å². The molecular weight excluding hydrogens is 308 g/mol. The minimum absolute atomic E-state index is 0.277. The fraction of sp³-hybridized carbons (Fsp3) is 0.409. The summed E-state index contributed by atoms with van der Waals surface area (Å²) in [6, 6.07) is 11.6. The van der Waals surface area contributed by atoms with Crippen LogP contribution in [0.25, 0.3) is 11.0 Å². The number of benzene rings is 2. The van der Waals surface area contributed by atoms with E-state index in [1.54, 1.807) is 0 Å². The van der Waals surface area contributed by atoms with Gasteiger partial charge in [-0.05, 0) is 85.9 Å². The van der Waals surface area contributed by atoms with Crippen LogP contribution in [0.5, 0.6) is 5.75 Å². The van der Waals surface area contributed by atoms with Crippen LogP contribution in [0.15, 0.2) is 36.7 Å². The highest BCUT2D eigenvalue weighted by molar-refractivity contribution is 5.78. The van der Waals surface area contributed by atoms with E-state index in [4.69, 9.17) is 9.72 Å². The van der Waals surface area contributed by atoms with E-state index in [1.807, 2.05) is 6.33 Å². The van der Waals surface area contributed by atoms with Crippen LogP contribution in [0.3, 0.4) is 0 Å². The van der Waals surface area contributed by atoms with Crippen LogP contribution >= 0.6 is 0 Å². The lowest BCUT2D eigenvalue weighted by Gasteiger charge is -2.21. The smallest absolute Gasteiger partial charge is 0.122 e. The zero-order chi connectivity index (χ0) is 16.8. The number of nitrogens with zero attached hydrogens (tertiary/aromatic N) is 2. The van der Waals surface area contributed by atoms with Gasteiger partial charge in [-0.25, -0.2) is 4.98 Å². The van der Waals surface area contributed by atoms with Crippen LogP contribution in [0.1, 0.15) is 54.5 Å². The Balaban J connectivity index is 1.56. The first-order valence-electron chi connectivity index (χ1n) is 9.53. The monoisotopic (exact) mass is 332 g/mol. The van der Waals surface area contributed by atoms with Crippen LogP contribution in [0.2, 0.25) is 0 Å². The predicted molar refractivity (Wildman–Crippen MR) is 100 cm³/mol. The average molecular weight is 332 g/mol. The van der Waals surface area contributed by atoms with Gasteiger partial charge >= 0.3 is 0 Å². The Bertz CT molecular complexity index is 941. The molecule has 1 aromatic heterocycles. The summed E-state index contributed by atoms with van der Waals surface area (Å²) in [5, 5.41) is 0. The molecule has 0 saturated heterocycles. The number of imidazole rings is 1. The van der Waals surface area contributed by atoms with Gasteiger partial charge in [0.05, 0.1) is 30.0 Å². The number of rotatable bonds is 2. The molecule has 0 saturated carbocycles. The van der Waals surface area contributed by atoms with E-state index in [2.05, 4.69) is 41.8 Å². The first-order valence-corrected chi connectivity index (χ1v) is 9.53. The fourth-order valence-corrected chi connectivity index (χ4v) is 4.37. The zero-order valence-electron chi connectivity index (χ0n) is 14.8. The fourth-order valence-electron chi connectivity index (χ4n) is 4.37. The lowest BCUT2D eigenvalue weighted by Crippen LogP contribution is -2.11. The van der Waals surface area contributed by atoms with Crippen LogP contribution in [0.4, 0.5) is 0 Å². The highest BCUT2D eigenvalue weighted by Gasteiger charge is 2.18. The summed E-state index contributed by atoms with van der Waals surface area (Å²) >= 11 is 0. The number of ether oxygens (including phenoxy) is 1. The lowest BCUT2D eigenvalue weighted by molar-refractivity contribution is 0.288. The van der Waals surface area contributed by atoms with E-state index in [0.29, 0.717) is 0 Å². The molecule has 1 aliphatic heterocycles. The van der Waals surface area contributed by atoms with Gasteiger partial charge < -0.3 is 9.30 Å². The van der Waals surface area contributed by atoms with Crippen molar-refractivity contribution in [2.75, 3.05) is 6.61 Å². The standard InChI is InChI=1S/C22H24N2O/c1-15(16-8-9-22-19(11-16)7-4-10-25-22)24-14-23-20-12-17-5-2-3-6-18(17)13-21(20)24/h8-9,11-15H,2-7,10H2,1H3/t15-/m1/s1. The summed E-state index contributed by atoms with van der Waals surface area (Å²) < 4.78 is 8.09. The molecule has 3 nitrogen and oxygen atoms in total. The first-order chi connectivity index (χ1) is 12.3. The van der Waals surface area contributed by atoms with Gasteiger partial charge in [-0.2, -0.15) is 0 Å². The highest BCUT2D eigenvalue weighted by atomic mass is 16.5. The van der Waals surface area contributed by atoms with Crippen molar-refractivity contribution in [3.05, 3.63) is 58.9 Å². The first kappa shape index (κ1) is 15.0. The van der Waals surface area contributed by atoms with Gasteiger partial charge in [0.25, 0.3) is 0 Å². The molecule has 0 N–H and O–H groups in total. The van der Waals surface area contributed by atoms with Crippen LogP contribution in [-0.2, 0) is 19.3 Å². The van der Waals surface area contributed by atoms with Crippen molar-refractivity contribution >= 4 is 11.0 Å². The molecule has 25 heavy (non-hydrogen) atoms. The largest absolute Gasteiger partial charge is 0.493 e. The SMILES string of the molecule is C[C@H](c1ccc2c(c1)CCCO2)n1cnc2cc3c(cc21)CCCC3. The number of aryl methyl sites for hydroxylation is 3. The maximum absolute atomic E-state index is 5.76. The normalized spacial score (nSPS) is 17.6. The second-order valence-electron chi connectivity index (χ2n) is 7.46. The molecule has 128 valence electrons. The quantitative estimate of drug-likeness (QED) is 0.671. The summed E-state index contributed by atoms with van der Waals surface area (Å²) in [7, 11) is 0. The molecule has 5 rings (SSSR count). The molecule has 2 aromatic carbocycles. The van der Waals surface area contributed by atoms with Crippen LogP contribution in [-0.4, -0.2) is 16.2 Å². The van der Waals surface area contributed by atoms with E-state index in [1.165, 1.54) is 53.5 Å². The Morgan fingerprint density at radius 3 is 2.64 bits per heavy atom. The number of hydrogen-bond donors (Lipinski definition) is 0. The third-order valence-corrected chi connectivity index (χ3v) is 5.87. The molecule has 2 heterocycles. The van der Waals surface area contributed by atoms with Crippen molar-refractivity contribution in [2.24, 2.45) is 0 Å². The van der Waals surface area contributed by atoms with Gasteiger partial charge in [-0.1, -0.05) is 12.1 Å². The topological polar surface area (TPSA) is 27.1 Å². The average Bonchev–Trinajstić information content (AvgIpc) is 3.08. The van der Waals surface area contributed by atoms with Gasteiger partial charge in [-0.15, -0.1) is 0 Å². The number of aromatic nitrogens is 2. The highest BCUT2D eigenvalue weighted by Crippen LogP contribution is 2.32. The molecule has 0 spiro atoms. The number of fused-ring (bicyclic) bond motifs is 3. The summed E-state index contributed by atoms with van der Waals surface area (Å²) in [4.78, 5) is 4.70. The van der Waals surface area contributed by atoms with E-state index in [9.17, 15) is 0 Å². The van der Waals surface area contributed by atoms with Gasteiger partial charge in [0.2, 0.25) is 0 Å². The van der Waals surface area contributed by atoms with Gasteiger partial charge in [-0.3, -0.25) is 0 Å². The van der Waals surface area contributed by atoms with Crippen molar-refractivity contribution in [2.45, 2.75) is 51.5 Å². The van der Waals surface area contributed by atoms with Gasteiger partial charge in [0.15, 0.2) is 0 Å². The molecular formula is C22H24N2O. The van der Waals surface area contributed by atoms with Crippen molar-refractivity contribution < 1.29 is 4.74 Å². The van der Waals surface area contributed by atoms with E-state index in [0.717, 1.165) is 30.7 Å². The Hall–Kier alpha value is -2.29. The van der Waals surface area contributed by atoms with E-state index in [-0.39, 0.29) is 6.04 Å². The molecule has 0 bridgehead atoms. The molecule has 1 atom stereocenters. The Morgan fingerprint density at radius 2 is 1.76 bits per heavy atom. The second-order valence-corrected chi connectivity index (χ2v) is 7.46. The van der Waals surface area contributed by atoms with Gasteiger partial charge in [0, 0.05) is 0 Å². The third-order valence-electron chi connectivity index (χ3n) is 5.87. The maximum Gasteiger partial charge on any atom is 0.122 e. The third kappa shape index (κ3) is 2.53. The summed E-state index contributed by atoms with van der Waals surface area (Å²) in [6.45, 7) is 3.12. The molecule has 1 aliphatic carbocycles. The second kappa shape index (κ2) is 5.91. The van der Waals surface area contributed by atoms with Crippen molar-refractivity contribution in [1.82, 2.24) is 9.55 Å². The molecule has 3 aromatic rings. The Labute approximate surface area is 148 Å². The maximum atomic E-state index is 5.76. The Kier molecular flexibility index (Phi) is 3.54. The zero-order valence-corrected chi connectivity index (χ0v) is 14.8. The summed E-state index contributed by atoms with van der Waals surface area (Å²) in [6.07, 6.45) is 9.29. The molecule has 0 unspecified atom stereocenters. The van der Waals surface area contributed by atoms with Crippen molar-refractivity contribution in [3.8, 4) is 5.75 Å². The van der Waals surface area contributed by atoms with E-state index >= 15 is 0 Å². The molecule has 0 fully saturated rings. The van der Waals surface area contributed by atoms with Crippen LogP contribution < -0.4 is 4.74 Å². The molecule has 3 heteroatoms.